The molecule has 0 amide bonds. The van der Waals surface area contributed by atoms with Crippen molar-refractivity contribution in [2.24, 2.45) is 7.05 Å². The summed E-state index contributed by atoms with van der Waals surface area (Å²) in [6.45, 7) is 0. The van der Waals surface area contributed by atoms with E-state index < -0.39 is 26.7 Å². The number of rotatable bonds is 4. The molecule has 12 heteroatoms. The average Bonchev–Trinajstić information content (AvgIpc) is 2.18. The van der Waals surface area contributed by atoms with Crippen LogP contribution < -0.4 is 17.0 Å². The smallest absolute Gasteiger partial charge is 0.369 e. The van der Waals surface area contributed by atoms with Gasteiger partial charge in [0.2, 0.25) is 0 Å². The Bertz CT molecular complexity index is 503. The van der Waals surface area contributed by atoms with Crippen molar-refractivity contribution in [3.05, 3.63) is 24.3 Å². The molecule has 1 heterocycles. The van der Waals surface area contributed by atoms with Crippen LogP contribution in [0.1, 0.15) is 5.69 Å². The maximum Gasteiger partial charge on any atom is 0.369 e. The van der Waals surface area contributed by atoms with Crippen LogP contribution in [0.15, 0.2) is 18.6 Å². The Labute approximate surface area is 114 Å². The topological polar surface area (TPSA) is 152 Å². The van der Waals surface area contributed by atoms with E-state index in [1.54, 1.807) is 7.05 Å². The number of halogens is 1. The van der Waals surface area contributed by atoms with Crippen molar-refractivity contribution >= 4 is 15.2 Å². The first-order chi connectivity index (χ1) is 7.97. The lowest BCUT2D eigenvalue weighted by Gasteiger charge is -2.27. The van der Waals surface area contributed by atoms with E-state index in [-0.39, 0.29) is 18.1 Å². The van der Waals surface area contributed by atoms with Crippen molar-refractivity contribution in [3.63, 3.8) is 0 Å². The van der Waals surface area contributed by atoms with Crippen LogP contribution >= 0.6 is 15.2 Å². The summed E-state index contributed by atoms with van der Waals surface area (Å²) >= 11 is 0. The van der Waals surface area contributed by atoms with E-state index in [2.05, 4.69) is 4.98 Å². The van der Waals surface area contributed by atoms with Gasteiger partial charge in [-0.2, -0.15) is 0 Å². The SMILES string of the molecule is C[n+]1ccc(CC(O)(P(=O)(O)O)P(=O)(O)O)nc1.[Cl-]. The molecule has 0 spiro atoms. The zero-order chi connectivity index (χ0) is 14.2. The van der Waals surface area contributed by atoms with E-state index in [9.17, 15) is 14.2 Å². The van der Waals surface area contributed by atoms with Crippen molar-refractivity contribution in [2.45, 2.75) is 11.5 Å². The average molecular weight is 335 g/mol. The predicted octanol–water partition coefficient (Wildman–Crippen LogP) is -4.55. The molecule has 0 bridgehead atoms. The summed E-state index contributed by atoms with van der Waals surface area (Å²) in [5, 5.41) is 6.17. The minimum atomic E-state index is -5.44. The Morgan fingerprint density at radius 2 is 1.74 bits per heavy atom. The fraction of sp³-hybridized carbons (Fsp3) is 0.429. The van der Waals surface area contributed by atoms with E-state index in [0.717, 1.165) is 0 Å². The Morgan fingerprint density at radius 1 is 1.26 bits per heavy atom. The van der Waals surface area contributed by atoms with Crippen molar-refractivity contribution in [1.29, 1.82) is 0 Å². The molecule has 1 aromatic rings. The second-order valence-corrected chi connectivity index (χ2v) is 7.76. The van der Waals surface area contributed by atoms with Crippen LogP contribution in [-0.2, 0) is 22.6 Å². The molecule has 1 aromatic heterocycles. The summed E-state index contributed by atoms with van der Waals surface area (Å²) in [6, 6.07) is 1.29. The van der Waals surface area contributed by atoms with Crippen LogP contribution in [0.5, 0.6) is 0 Å². The second-order valence-electron chi connectivity index (χ2n) is 3.76. The zero-order valence-electron chi connectivity index (χ0n) is 9.66. The zero-order valence-corrected chi connectivity index (χ0v) is 12.2. The fourth-order valence-electron chi connectivity index (χ4n) is 1.17. The van der Waals surface area contributed by atoms with Gasteiger partial charge < -0.3 is 37.1 Å². The van der Waals surface area contributed by atoms with Crippen LogP contribution in [0.2, 0.25) is 0 Å². The number of aliphatic hydroxyl groups is 1. The highest BCUT2D eigenvalue weighted by Crippen LogP contribution is 2.68. The van der Waals surface area contributed by atoms with Crippen LogP contribution in [0.25, 0.3) is 0 Å². The Balaban J connectivity index is 0.00000324. The standard InChI is InChI=1S/C7H12N2O7P2.ClH/c1-9-3-2-6(8-5-9)4-7(10,17(11,12)13)18(14,15)16;/h2-3,5,10H,4H2,1H3,(H3-,11,12,13,14,15,16);1H. The highest BCUT2D eigenvalue weighted by Gasteiger charge is 2.60. The van der Waals surface area contributed by atoms with Crippen LogP contribution in [-0.4, -0.2) is 34.7 Å². The molecule has 0 atom stereocenters. The van der Waals surface area contributed by atoms with Crippen molar-refractivity contribution in [1.82, 2.24) is 4.98 Å². The lowest BCUT2D eigenvalue weighted by Crippen LogP contribution is -3.00. The monoisotopic (exact) mass is 334 g/mol. The van der Waals surface area contributed by atoms with Crippen molar-refractivity contribution in [3.8, 4) is 0 Å². The van der Waals surface area contributed by atoms with Gasteiger partial charge >= 0.3 is 15.2 Å². The molecule has 0 radical (unpaired) electrons. The van der Waals surface area contributed by atoms with Gasteiger partial charge in [-0.15, -0.1) is 0 Å². The van der Waals surface area contributed by atoms with Crippen molar-refractivity contribution in [2.75, 3.05) is 0 Å². The molecule has 0 aliphatic heterocycles. The highest BCUT2D eigenvalue weighted by molar-refractivity contribution is 7.72. The third-order valence-electron chi connectivity index (χ3n) is 2.26. The molecule has 19 heavy (non-hydrogen) atoms. The summed E-state index contributed by atoms with van der Waals surface area (Å²) in [6.07, 6.45) is 1.78. The van der Waals surface area contributed by atoms with Crippen LogP contribution in [0, 0.1) is 0 Å². The molecule has 5 N–H and O–H groups in total. The first-order valence-electron chi connectivity index (χ1n) is 4.61. The van der Waals surface area contributed by atoms with Crippen molar-refractivity contribution < 1.29 is 50.8 Å². The van der Waals surface area contributed by atoms with Crippen LogP contribution in [0.4, 0.5) is 0 Å². The first-order valence-corrected chi connectivity index (χ1v) is 7.84. The molecule has 1 rings (SSSR count). The summed E-state index contributed by atoms with van der Waals surface area (Å²) in [7, 11) is -9.25. The molecule has 110 valence electrons. The summed E-state index contributed by atoms with van der Waals surface area (Å²) < 4.78 is 23.7. The van der Waals surface area contributed by atoms with E-state index in [1.165, 1.54) is 23.2 Å². The van der Waals surface area contributed by atoms with E-state index in [4.69, 9.17) is 19.6 Å². The van der Waals surface area contributed by atoms with Gasteiger partial charge in [-0.1, -0.05) is 4.98 Å². The second kappa shape index (κ2) is 5.95. The Morgan fingerprint density at radius 3 is 2.05 bits per heavy atom. The van der Waals surface area contributed by atoms with E-state index >= 15 is 0 Å². The molecular formula is C7H13ClN2O7P2. The van der Waals surface area contributed by atoms with Gasteiger partial charge in [0.15, 0.2) is 5.69 Å². The lowest BCUT2D eigenvalue weighted by atomic mass is 10.3. The number of hydrogen-bond acceptors (Lipinski definition) is 4. The molecule has 0 aliphatic carbocycles. The molecule has 0 aliphatic rings. The maximum atomic E-state index is 11.1. The van der Waals surface area contributed by atoms with Gasteiger partial charge in [-0.25, -0.2) is 4.57 Å². The van der Waals surface area contributed by atoms with Gasteiger partial charge in [-0.05, 0) is 0 Å². The third kappa shape index (κ3) is 4.05. The van der Waals surface area contributed by atoms with E-state index in [1.807, 2.05) is 0 Å². The Hall–Kier alpha value is -0.370. The minimum Gasteiger partial charge on any atom is -1.00 e. The number of nitrogens with zero attached hydrogens (tertiary/aromatic N) is 2. The predicted molar refractivity (Wildman–Crippen MR) is 58.2 cm³/mol. The van der Waals surface area contributed by atoms with Gasteiger partial charge in [0.1, 0.15) is 0 Å². The molecule has 0 saturated carbocycles. The number of aryl methyl sites for hydroxylation is 1. The third-order valence-corrected chi connectivity index (χ3v) is 6.00. The summed E-state index contributed by atoms with van der Waals surface area (Å²) in [5.74, 6) is 0. The fourth-order valence-corrected chi connectivity index (χ4v) is 3.27. The van der Waals surface area contributed by atoms with Crippen LogP contribution in [0.3, 0.4) is 0 Å². The molecule has 0 fully saturated rings. The van der Waals surface area contributed by atoms with Gasteiger partial charge in [0.25, 0.3) is 11.4 Å². The number of aromatic nitrogens is 2. The quantitative estimate of drug-likeness (QED) is 0.273. The first kappa shape index (κ1) is 18.6. The number of hydrogen-bond donors (Lipinski definition) is 5. The molecule has 9 nitrogen and oxygen atoms in total. The largest absolute Gasteiger partial charge is 1.00 e. The normalized spacial score (nSPS) is 12.9. The highest BCUT2D eigenvalue weighted by atomic mass is 35.5. The lowest BCUT2D eigenvalue weighted by molar-refractivity contribution is -0.674. The molecular weight excluding hydrogens is 321 g/mol. The maximum absolute atomic E-state index is 11.1. The van der Waals surface area contributed by atoms with Gasteiger partial charge in [-0.3, -0.25) is 9.13 Å². The minimum absolute atomic E-state index is 0. The van der Waals surface area contributed by atoms with Gasteiger partial charge in [0, 0.05) is 6.07 Å². The molecule has 0 aromatic carbocycles. The summed E-state index contributed by atoms with van der Waals surface area (Å²) in [4.78, 5) is 39.4. The van der Waals surface area contributed by atoms with Gasteiger partial charge in [0.05, 0.1) is 19.7 Å². The molecule has 0 saturated heterocycles. The van der Waals surface area contributed by atoms with E-state index in [0.29, 0.717) is 0 Å². The summed E-state index contributed by atoms with van der Waals surface area (Å²) in [5.41, 5.74) is -0.0535. The molecule has 0 unspecified atom stereocenters. The Kier molecular flexibility index (Phi) is 5.83.